The molecule has 1 aromatic rings. The van der Waals surface area contributed by atoms with Crippen LogP contribution in [0.4, 0.5) is 0 Å². The van der Waals surface area contributed by atoms with Gasteiger partial charge in [-0.05, 0) is 25.3 Å². The summed E-state index contributed by atoms with van der Waals surface area (Å²) in [5, 5.41) is 6.88. The van der Waals surface area contributed by atoms with E-state index in [0.717, 1.165) is 61.8 Å². The summed E-state index contributed by atoms with van der Waals surface area (Å²) in [5.41, 5.74) is 1.05. The molecule has 1 amide bonds. The quantitative estimate of drug-likeness (QED) is 0.347. The van der Waals surface area contributed by atoms with E-state index in [0.29, 0.717) is 25.7 Å². The number of guanidine groups is 1. The van der Waals surface area contributed by atoms with Gasteiger partial charge in [0.05, 0.1) is 13.2 Å². The number of benzene rings is 1. The minimum atomic E-state index is 0. The number of likely N-dealkylation sites (tertiary alicyclic amines) is 1. The zero-order chi connectivity index (χ0) is 20.8. The van der Waals surface area contributed by atoms with Crippen LogP contribution in [0.5, 0.6) is 11.5 Å². The summed E-state index contributed by atoms with van der Waals surface area (Å²) < 4.78 is 11.7. The molecule has 1 unspecified atom stereocenters. The number of nitrogens with zero attached hydrogens (tertiary/aromatic N) is 2. The molecule has 2 aliphatic heterocycles. The number of para-hydroxylation sites is 1. The Labute approximate surface area is 202 Å². The SMILES string of the molecule is CN=C(NCc1cccc2c1OCCCO2)NC1CCN(C(=O)C2CCCCC2)C1.I. The van der Waals surface area contributed by atoms with Gasteiger partial charge in [0.2, 0.25) is 5.91 Å². The van der Waals surface area contributed by atoms with Gasteiger partial charge in [0.15, 0.2) is 17.5 Å². The number of fused-ring (bicyclic) bond motifs is 1. The minimum Gasteiger partial charge on any atom is -0.490 e. The van der Waals surface area contributed by atoms with Crippen molar-refractivity contribution in [1.82, 2.24) is 15.5 Å². The van der Waals surface area contributed by atoms with Gasteiger partial charge in [-0.25, -0.2) is 0 Å². The monoisotopic (exact) mass is 542 g/mol. The molecule has 1 saturated heterocycles. The van der Waals surface area contributed by atoms with Crippen LogP contribution in [0.3, 0.4) is 0 Å². The third kappa shape index (κ3) is 6.17. The van der Waals surface area contributed by atoms with Crippen molar-refractivity contribution < 1.29 is 14.3 Å². The highest BCUT2D eigenvalue weighted by atomic mass is 127. The van der Waals surface area contributed by atoms with E-state index >= 15 is 0 Å². The number of ether oxygens (including phenoxy) is 2. The number of rotatable bonds is 4. The average Bonchev–Trinajstić information content (AvgIpc) is 3.12. The Kier molecular flexibility index (Phi) is 9.10. The third-order valence-corrected chi connectivity index (χ3v) is 6.32. The molecule has 1 aromatic carbocycles. The lowest BCUT2D eigenvalue weighted by atomic mass is 9.88. The normalized spacial score (nSPS) is 21.8. The first-order valence-corrected chi connectivity index (χ1v) is 11.4. The Morgan fingerprint density at radius 3 is 2.74 bits per heavy atom. The molecule has 0 aromatic heterocycles. The zero-order valence-corrected chi connectivity index (χ0v) is 20.7. The van der Waals surface area contributed by atoms with Crippen molar-refractivity contribution in [1.29, 1.82) is 0 Å². The van der Waals surface area contributed by atoms with E-state index in [1.54, 1.807) is 7.05 Å². The Morgan fingerprint density at radius 1 is 1.13 bits per heavy atom. The minimum absolute atomic E-state index is 0. The number of amides is 1. The van der Waals surface area contributed by atoms with E-state index in [2.05, 4.69) is 15.6 Å². The Balaban J connectivity index is 0.00000272. The van der Waals surface area contributed by atoms with Crippen molar-refractivity contribution in [3.63, 3.8) is 0 Å². The fourth-order valence-electron chi connectivity index (χ4n) is 4.65. The number of nitrogens with one attached hydrogen (secondary N) is 2. The fraction of sp³-hybridized carbons (Fsp3) is 0.652. The fourth-order valence-corrected chi connectivity index (χ4v) is 4.65. The van der Waals surface area contributed by atoms with Gasteiger partial charge in [0.1, 0.15) is 0 Å². The largest absolute Gasteiger partial charge is 0.490 e. The Morgan fingerprint density at radius 2 is 1.94 bits per heavy atom. The number of hydrogen-bond donors (Lipinski definition) is 2. The molecule has 0 spiro atoms. The van der Waals surface area contributed by atoms with Crippen LogP contribution in [0.25, 0.3) is 0 Å². The molecule has 8 heteroatoms. The molecule has 31 heavy (non-hydrogen) atoms. The van der Waals surface area contributed by atoms with E-state index in [1.807, 2.05) is 23.1 Å². The lowest BCUT2D eigenvalue weighted by Gasteiger charge is -2.26. The first kappa shape index (κ1) is 23.9. The Hall–Kier alpha value is -1.71. The molecular formula is C23H35IN4O3. The summed E-state index contributed by atoms with van der Waals surface area (Å²) in [7, 11) is 1.78. The molecule has 3 aliphatic rings. The van der Waals surface area contributed by atoms with Gasteiger partial charge in [-0.2, -0.15) is 0 Å². The van der Waals surface area contributed by atoms with Gasteiger partial charge in [0, 0.05) is 50.6 Å². The van der Waals surface area contributed by atoms with E-state index in [1.165, 1.54) is 19.3 Å². The highest BCUT2D eigenvalue weighted by Gasteiger charge is 2.31. The van der Waals surface area contributed by atoms with Crippen molar-refractivity contribution in [3.05, 3.63) is 23.8 Å². The van der Waals surface area contributed by atoms with Crippen LogP contribution in [0.2, 0.25) is 0 Å². The molecule has 1 aliphatic carbocycles. The van der Waals surface area contributed by atoms with Crippen molar-refractivity contribution in [2.45, 2.75) is 57.5 Å². The first-order chi connectivity index (χ1) is 14.7. The molecule has 1 saturated carbocycles. The van der Waals surface area contributed by atoms with Crippen LogP contribution in [0.1, 0.15) is 50.5 Å². The number of halogens is 1. The van der Waals surface area contributed by atoms with E-state index in [4.69, 9.17) is 9.47 Å². The second kappa shape index (κ2) is 11.8. The summed E-state index contributed by atoms with van der Waals surface area (Å²) in [4.78, 5) is 19.2. The van der Waals surface area contributed by atoms with Crippen LogP contribution in [0, 0.1) is 5.92 Å². The smallest absolute Gasteiger partial charge is 0.225 e. The van der Waals surface area contributed by atoms with Crippen molar-refractivity contribution in [2.75, 3.05) is 33.4 Å². The highest BCUT2D eigenvalue weighted by Crippen LogP contribution is 2.33. The maximum atomic E-state index is 12.8. The molecule has 172 valence electrons. The van der Waals surface area contributed by atoms with Gasteiger partial charge in [-0.1, -0.05) is 31.4 Å². The van der Waals surface area contributed by atoms with Crippen LogP contribution in [-0.2, 0) is 11.3 Å². The Bertz CT molecular complexity index is 767. The topological polar surface area (TPSA) is 75.2 Å². The second-order valence-electron chi connectivity index (χ2n) is 8.47. The zero-order valence-electron chi connectivity index (χ0n) is 18.4. The number of aliphatic imine (C=N–C) groups is 1. The van der Waals surface area contributed by atoms with Crippen LogP contribution >= 0.6 is 24.0 Å². The molecule has 2 fully saturated rings. The standard InChI is InChI=1S/C23H34N4O3.HI/c1-24-23(25-15-18-9-5-10-20-21(18)30-14-6-13-29-20)26-19-11-12-27(16-19)22(28)17-7-3-2-4-8-17;/h5,9-10,17,19H,2-4,6-8,11-16H2,1H3,(H2,24,25,26);1H. The number of carbonyl (C=O) groups is 1. The molecule has 2 heterocycles. The number of hydrogen-bond acceptors (Lipinski definition) is 4. The van der Waals surface area contributed by atoms with Gasteiger partial charge in [0.25, 0.3) is 0 Å². The first-order valence-electron chi connectivity index (χ1n) is 11.4. The molecule has 4 rings (SSSR count). The lowest BCUT2D eigenvalue weighted by molar-refractivity contribution is -0.135. The molecule has 0 bridgehead atoms. The predicted molar refractivity (Wildman–Crippen MR) is 132 cm³/mol. The van der Waals surface area contributed by atoms with Gasteiger partial charge in [-0.3, -0.25) is 9.79 Å². The third-order valence-electron chi connectivity index (χ3n) is 6.32. The molecule has 1 atom stereocenters. The van der Waals surface area contributed by atoms with Crippen LogP contribution in [0.15, 0.2) is 23.2 Å². The van der Waals surface area contributed by atoms with Crippen molar-refractivity contribution in [2.24, 2.45) is 10.9 Å². The average molecular weight is 542 g/mol. The van der Waals surface area contributed by atoms with Gasteiger partial charge >= 0.3 is 0 Å². The van der Waals surface area contributed by atoms with Gasteiger partial charge < -0.3 is 25.0 Å². The molecule has 2 N–H and O–H groups in total. The summed E-state index contributed by atoms with van der Waals surface area (Å²) in [6, 6.07) is 6.23. The molecule has 0 radical (unpaired) electrons. The predicted octanol–water partition coefficient (Wildman–Crippen LogP) is 3.31. The summed E-state index contributed by atoms with van der Waals surface area (Å²) in [6.45, 7) is 3.55. The van der Waals surface area contributed by atoms with Crippen molar-refractivity contribution >= 4 is 35.8 Å². The van der Waals surface area contributed by atoms with E-state index < -0.39 is 0 Å². The summed E-state index contributed by atoms with van der Waals surface area (Å²) in [6.07, 6.45) is 7.63. The molecular weight excluding hydrogens is 507 g/mol. The maximum absolute atomic E-state index is 12.8. The van der Waals surface area contributed by atoms with Crippen molar-refractivity contribution in [3.8, 4) is 11.5 Å². The highest BCUT2D eigenvalue weighted by molar-refractivity contribution is 14.0. The summed E-state index contributed by atoms with van der Waals surface area (Å²) >= 11 is 0. The van der Waals surface area contributed by atoms with Crippen LogP contribution in [-0.4, -0.2) is 56.2 Å². The second-order valence-corrected chi connectivity index (χ2v) is 8.47. The lowest BCUT2D eigenvalue weighted by Crippen LogP contribution is -2.45. The van der Waals surface area contributed by atoms with Crippen LogP contribution < -0.4 is 20.1 Å². The van der Waals surface area contributed by atoms with E-state index in [-0.39, 0.29) is 35.9 Å². The maximum Gasteiger partial charge on any atom is 0.225 e. The number of carbonyl (C=O) groups excluding carboxylic acids is 1. The van der Waals surface area contributed by atoms with E-state index in [9.17, 15) is 4.79 Å². The summed E-state index contributed by atoms with van der Waals surface area (Å²) in [5.74, 6) is 2.97. The molecule has 7 nitrogen and oxygen atoms in total. The van der Waals surface area contributed by atoms with Gasteiger partial charge in [-0.15, -0.1) is 24.0 Å².